The summed E-state index contributed by atoms with van der Waals surface area (Å²) < 4.78 is 0. The van der Waals surface area contributed by atoms with Gasteiger partial charge in [-0.1, -0.05) is 49.4 Å². The molecule has 1 N–H and O–H groups in total. The quantitative estimate of drug-likeness (QED) is 0.840. The minimum Gasteiger partial charge on any atom is -0.307 e. The van der Waals surface area contributed by atoms with Crippen molar-refractivity contribution in [2.75, 3.05) is 0 Å². The molecule has 0 bridgehead atoms. The number of rotatable bonds is 4. The molecule has 0 atom stereocenters. The first kappa shape index (κ1) is 11.7. The van der Waals surface area contributed by atoms with Crippen molar-refractivity contribution in [3.63, 3.8) is 0 Å². The zero-order valence-corrected chi connectivity index (χ0v) is 11.1. The van der Waals surface area contributed by atoms with E-state index in [1.165, 1.54) is 42.0 Å². The van der Waals surface area contributed by atoms with Crippen LogP contribution < -0.4 is 5.32 Å². The van der Waals surface area contributed by atoms with Crippen molar-refractivity contribution in [2.24, 2.45) is 0 Å². The van der Waals surface area contributed by atoms with Crippen LogP contribution in [0.5, 0.6) is 0 Å². The molecule has 18 heavy (non-hydrogen) atoms. The molecular formula is C17H21N. The van der Waals surface area contributed by atoms with Crippen LogP contribution in [0.2, 0.25) is 0 Å². The molecule has 0 unspecified atom stereocenters. The van der Waals surface area contributed by atoms with Crippen LogP contribution in [-0.4, -0.2) is 5.54 Å². The van der Waals surface area contributed by atoms with Crippen molar-refractivity contribution in [1.29, 1.82) is 0 Å². The van der Waals surface area contributed by atoms with Gasteiger partial charge in [0.05, 0.1) is 0 Å². The Morgan fingerprint density at radius 2 is 1.83 bits per heavy atom. The van der Waals surface area contributed by atoms with E-state index in [4.69, 9.17) is 0 Å². The zero-order valence-electron chi connectivity index (χ0n) is 11.1. The summed E-state index contributed by atoms with van der Waals surface area (Å²) in [4.78, 5) is 0. The second kappa shape index (κ2) is 4.74. The summed E-state index contributed by atoms with van der Waals surface area (Å²) in [6.45, 7) is 3.30. The van der Waals surface area contributed by atoms with E-state index in [1.807, 2.05) is 0 Å². The van der Waals surface area contributed by atoms with Crippen LogP contribution in [0.25, 0.3) is 10.8 Å². The van der Waals surface area contributed by atoms with Crippen molar-refractivity contribution in [1.82, 2.24) is 5.32 Å². The lowest BCUT2D eigenvalue weighted by atomic mass is 9.75. The average molecular weight is 239 g/mol. The molecule has 1 heteroatoms. The van der Waals surface area contributed by atoms with Crippen LogP contribution in [0.1, 0.15) is 38.2 Å². The lowest BCUT2D eigenvalue weighted by Crippen LogP contribution is -2.49. The van der Waals surface area contributed by atoms with E-state index in [2.05, 4.69) is 54.7 Å². The van der Waals surface area contributed by atoms with Crippen LogP contribution in [0.3, 0.4) is 0 Å². The highest BCUT2D eigenvalue weighted by Gasteiger charge is 2.34. The van der Waals surface area contributed by atoms with Crippen molar-refractivity contribution >= 4 is 10.8 Å². The van der Waals surface area contributed by atoms with Gasteiger partial charge in [-0.2, -0.15) is 0 Å². The summed E-state index contributed by atoms with van der Waals surface area (Å²) in [7, 11) is 0. The third-order valence-electron chi connectivity index (χ3n) is 4.52. The Morgan fingerprint density at radius 3 is 2.56 bits per heavy atom. The van der Waals surface area contributed by atoms with E-state index in [-0.39, 0.29) is 0 Å². The van der Waals surface area contributed by atoms with Crippen molar-refractivity contribution in [2.45, 2.75) is 44.7 Å². The summed E-state index contributed by atoms with van der Waals surface area (Å²) in [5.74, 6) is 0. The monoisotopic (exact) mass is 239 g/mol. The van der Waals surface area contributed by atoms with Gasteiger partial charge in [0.2, 0.25) is 0 Å². The fraction of sp³-hybridized carbons (Fsp3) is 0.412. The van der Waals surface area contributed by atoms with Gasteiger partial charge in [-0.3, -0.25) is 0 Å². The normalized spacial score (nSPS) is 17.6. The number of nitrogens with one attached hydrogen (secondary N) is 1. The summed E-state index contributed by atoms with van der Waals surface area (Å²) in [6, 6.07) is 15.3. The summed E-state index contributed by atoms with van der Waals surface area (Å²) in [6.07, 6.45) is 5.32. The van der Waals surface area contributed by atoms with Crippen molar-refractivity contribution in [3.05, 3.63) is 48.0 Å². The number of hydrogen-bond acceptors (Lipinski definition) is 1. The van der Waals surface area contributed by atoms with E-state index < -0.39 is 0 Å². The molecule has 3 rings (SSSR count). The highest BCUT2D eigenvalue weighted by atomic mass is 15.0. The van der Waals surface area contributed by atoms with Gasteiger partial charge in [-0.15, -0.1) is 0 Å². The van der Waals surface area contributed by atoms with E-state index in [0.29, 0.717) is 5.54 Å². The molecule has 0 aliphatic heterocycles. The second-order valence-electron chi connectivity index (χ2n) is 5.48. The van der Waals surface area contributed by atoms with Gasteiger partial charge in [0.25, 0.3) is 0 Å². The van der Waals surface area contributed by atoms with Gasteiger partial charge >= 0.3 is 0 Å². The molecule has 1 nitrogen and oxygen atoms in total. The van der Waals surface area contributed by atoms with Crippen LogP contribution in [0.4, 0.5) is 0 Å². The first-order chi connectivity index (χ1) is 8.83. The van der Waals surface area contributed by atoms with Gasteiger partial charge in [0, 0.05) is 12.1 Å². The molecule has 0 heterocycles. The highest BCUT2D eigenvalue weighted by molar-refractivity contribution is 5.85. The molecular weight excluding hydrogens is 218 g/mol. The summed E-state index contributed by atoms with van der Waals surface area (Å²) in [5.41, 5.74) is 1.85. The Bertz CT molecular complexity index is 529. The first-order valence-corrected chi connectivity index (χ1v) is 7.05. The molecule has 2 aromatic rings. The van der Waals surface area contributed by atoms with Gasteiger partial charge in [0.1, 0.15) is 0 Å². The zero-order chi connectivity index (χ0) is 12.4. The Hall–Kier alpha value is -1.34. The minimum absolute atomic E-state index is 0.428. The highest BCUT2D eigenvalue weighted by Crippen LogP contribution is 2.35. The van der Waals surface area contributed by atoms with Crippen molar-refractivity contribution < 1.29 is 0 Å². The van der Waals surface area contributed by atoms with E-state index in [9.17, 15) is 0 Å². The predicted octanol–water partition coefficient (Wildman–Crippen LogP) is 4.26. The molecule has 1 aliphatic carbocycles. The molecule has 1 aliphatic rings. The van der Waals surface area contributed by atoms with Gasteiger partial charge in [-0.25, -0.2) is 0 Å². The predicted molar refractivity (Wildman–Crippen MR) is 77.7 cm³/mol. The average Bonchev–Trinajstić information content (AvgIpc) is 2.38. The Morgan fingerprint density at radius 1 is 1.06 bits per heavy atom. The Balaban J connectivity index is 1.82. The smallest absolute Gasteiger partial charge is 0.0216 e. The van der Waals surface area contributed by atoms with Crippen LogP contribution >= 0.6 is 0 Å². The molecule has 94 valence electrons. The summed E-state index contributed by atoms with van der Waals surface area (Å²) in [5, 5.41) is 6.52. The Labute approximate surface area is 109 Å². The maximum Gasteiger partial charge on any atom is 0.0216 e. The van der Waals surface area contributed by atoms with Crippen LogP contribution in [-0.2, 0) is 6.54 Å². The largest absolute Gasteiger partial charge is 0.307 e. The van der Waals surface area contributed by atoms with Crippen molar-refractivity contribution in [3.8, 4) is 0 Å². The van der Waals surface area contributed by atoms with Crippen LogP contribution in [0.15, 0.2) is 42.5 Å². The van der Waals surface area contributed by atoms with E-state index >= 15 is 0 Å². The molecule has 1 saturated carbocycles. The SMILES string of the molecule is CCC1(NCc2cccc3ccccc23)CCC1. The number of hydrogen-bond donors (Lipinski definition) is 1. The lowest BCUT2D eigenvalue weighted by molar-refractivity contribution is 0.175. The number of benzene rings is 2. The Kier molecular flexibility index (Phi) is 3.09. The second-order valence-corrected chi connectivity index (χ2v) is 5.48. The van der Waals surface area contributed by atoms with Crippen LogP contribution in [0, 0.1) is 0 Å². The molecule has 2 aromatic carbocycles. The van der Waals surface area contributed by atoms with Gasteiger partial charge < -0.3 is 5.32 Å². The molecule has 0 amide bonds. The van der Waals surface area contributed by atoms with Gasteiger partial charge in [0.15, 0.2) is 0 Å². The molecule has 0 saturated heterocycles. The maximum absolute atomic E-state index is 3.79. The fourth-order valence-electron chi connectivity index (χ4n) is 2.99. The standard InChI is InChI=1S/C17H21N/c1-2-17(11-6-12-17)18-13-15-9-5-8-14-7-3-4-10-16(14)15/h3-5,7-10,18H,2,6,11-13H2,1H3. The van der Waals surface area contributed by atoms with E-state index in [1.54, 1.807) is 0 Å². The third-order valence-corrected chi connectivity index (χ3v) is 4.52. The first-order valence-electron chi connectivity index (χ1n) is 7.05. The maximum atomic E-state index is 3.79. The topological polar surface area (TPSA) is 12.0 Å². The molecule has 0 aromatic heterocycles. The summed E-state index contributed by atoms with van der Waals surface area (Å²) >= 11 is 0. The minimum atomic E-state index is 0.428. The third kappa shape index (κ3) is 2.04. The fourth-order valence-corrected chi connectivity index (χ4v) is 2.99. The number of fused-ring (bicyclic) bond motifs is 1. The van der Waals surface area contributed by atoms with E-state index in [0.717, 1.165) is 6.54 Å². The lowest BCUT2D eigenvalue weighted by Gasteiger charge is -2.42. The molecule has 1 fully saturated rings. The molecule has 0 radical (unpaired) electrons. The molecule has 0 spiro atoms. The van der Waals surface area contributed by atoms with Gasteiger partial charge in [-0.05, 0) is 42.0 Å².